The number of aryl methyl sites for hydroxylation is 1. The molecule has 0 spiro atoms. The molecule has 0 aliphatic carbocycles. The van der Waals surface area contributed by atoms with Crippen LogP contribution >= 0.6 is 0 Å². The zero-order chi connectivity index (χ0) is 18.6. The zero-order valence-corrected chi connectivity index (χ0v) is 15.9. The molecule has 0 amide bonds. The van der Waals surface area contributed by atoms with Crippen molar-refractivity contribution in [3.63, 3.8) is 0 Å². The van der Waals surface area contributed by atoms with Gasteiger partial charge in [-0.25, -0.2) is 0 Å². The van der Waals surface area contributed by atoms with E-state index in [0.717, 1.165) is 28.7 Å². The first kappa shape index (κ1) is 17.9. The molecular weight excluding hydrogens is 338 g/mol. The topological polar surface area (TPSA) is 45.8 Å². The Labute approximate surface area is 160 Å². The van der Waals surface area contributed by atoms with Crippen LogP contribution in [0.5, 0.6) is 11.5 Å². The van der Waals surface area contributed by atoms with Crippen molar-refractivity contribution in [2.75, 3.05) is 26.7 Å². The fourth-order valence-electron chi connectivity index (χ4n) is 3.91. The lowest BCUT2D eigenvalue weighted by Crippen LogP contribution is -2.30. The summed E-state index contributed by atoms with van der Waals surface area (Å²) in [4.78, 5) is 2.59. The molecule has 2 aromatic carbocycles. The molecule has 0 radical (unpaired) electrons. The minimum Gasteiger partial charge on any atom is -0.504 e. The highest BCUT2D eigenvalue weighted by Gasteiger charge is 2.11. The van der Waals surface area contributed by atoms with Gasteiger partial charge in [0.25, 0.3) is 0 Å². The van der Waals surface area contributed by atoms with Gasteiger partial charge in [0.1, 0.15) is 11.3 Å². The predicted molar refractivity (Wildman–Crippen MR) is 108 cm³/mol. The molecule has 0 atom stereocenters. The van der Waals surface area contributed by atoms with Crippen molar-refractivity contribution in [2.24, 2.45) is 0 Å². The number of methoxy groups -OCH3 is 1. The molecule has 1 fully saturated rings. The van der Waals surface area contributed by atoms with Crippen LogP contribution < -0.4 is 4.74 Å². The summed E-state index contributed by atoms with van der Waals surface area (Å²) in [5.41, 5.74) is 3.14. The highest BCUT2D eigenvalue weighted by Crippen LogP contribution is 2.34. The van der Waals surface area contributed by atoms with E-state index in [-0.39, 0.29) is 5.75 Å². The van der Waals surface area contributed by atoms with E-state index < -0.39 is 0 Å². The predicted octanol–water partition coefficient (Wildman–Crippen LogP) is 5.23. The van der Waals surface area contributed by atoms with Crippen molar-refractivity contribution in [3.05, 3.63) is 48.0 Å². The number of benzene rings is 2. The van der Waals surface area contributed by atoms with Gasteiger partial charge in [-0.3, -0.25) is 0 Å². The number of aromatic hydroxyl groups is 1. The Morgan fingerprint density at radius 2 is 1.89 bits per heavy atom. The van der Waals surface area contributed by atoms with Crippen molar-refractivity contribution < 1.29 is 14.3 Å². The maximum atomic E-state index is 9.78. The van der Waals surface area contributed by atoms with Crippen LogP contribution in [0.2, 0.25) is 0 Å². The van der Waals surface area contributed by atoms with Crippen molar-refractivity contribution >= 4 is 11.0 Å². The largest absolute Gasteiger partial charge is 0.504 e. The SMILES string of the molecule is COc1cc(-c2cc3cc(CCCN4CCCCC4)ccc3o2)ccc1O. The Kier molecular flexibility index (Phi) is 5.35. The second-order valence-corrected chi connectivity index (χ2v) is 7.38. The summed E-state index contributed by atoms with van der Waals surface area (Å²) < 4.78 is 11.2. The number of phenolic OH excluding ortho intramolecular Hbond substituents is 1. The highest BCUT2D eigenvalue weighted by molar-refractivity contribution is 5.83. The molecule has 4 rings (SSSR count). The smallest absolute Gasteiger partial charge is 0.161 e. The Hall–Kier alpha value is -2.46. The van der Waals surface area contributed by atoms with Crippen LogP contribution in [-0.2, 0) is 6.42 Å². The molecule has 1 saturated heterocycles. The Balaban J connectivity index is 1.46. The molecule has 1 aliphatic heterocycles. The van der Waals surface area contributed by atoms with E-state index in [9.17, 15) is 5.11 Å². The Morgan fingerprint density at radius 3 is 2.70 bits per heavy atom. The third kappa shape index (κ3) is 4.11. The van der Waals surface area contributed by atoms with E-state index in [1.165, 1.54) is 50.9 Å². The van der Waals surface area contributed by atoms with Crippen LogP contribution in [0.4, 0.5) is 0 Å². The number of furan rings is 1. The van der Waals surface area contributed by atoms with Crippen LogP contribution in [0.1, 0.15) is 31.2 Å². The third-order valence-corrected chi connectivity index (χ3v) is 5.43. The number of hydrogen-bond acceptors (Lipinski definition) is 4. The van der Waals surface area contributed by atoms with Gasteiger partial charge in [0.05, 0.1) is 7.11 Å². The molecule has 4 nitrogen and oxygen atoms in total. The van der Waals surface area contributed by atoms with Crippen molar-refractivity contribution in [1.82, 2.24) is 4.90 Å². The van der Waals surface area contributed by atoms with Gasteiger partial charge in [-0.1, -0.05) is 12.5 Å². The second-order valence-electron chi connectivity index (χ2n) is 7.38. The van der Waals surface area contributed by atoms with Gasteiger partial charge in [0.2, 0.25) is 0 Å². The number of piperidine rings is 1. The van der Waals surface area contributed by atoms with Gasteiger partial charge in [-0.05, 0) is 87.3 Å². The fraction of sp³-hybridized carbons (Fsp3) is 0.391. The Morgan fingerprint density at radius 1 is 1.04 bits per heavy atom. The van der Waals surface area contributed by atoms with Gasteiger partial charge < -0.3 is 19.2 Å². The molecule has 0 bridgehead atoms. The maximum absolute atomic E-state index is 9.78. The van der Waals surface area contributed by atoms with Gasteiger partial charge in [0, 0.05) is 10.9 Å². The number of nitrogens with zero attached hydrogens (tertiary/aromatic N) is 1. The summed E-state index contributed by atoms with van der Waals surface area (Å²) in [5, 5.41) is 10.9. The molecule has 0 unspecified atom stereocenters. The summed E-state index contributed by atoms with van der Waals surface area (Å²) in [6.07, 6.45) is 6.39. The molecule has 1 aromatic heterocycles. The number of fused-ring (bicyclic) bond motifs is 1. The molecule has 142 valence electrons. The standard InChI is InChI=1S/C23H27NO3/c1-26-23-15-18(8-9-20(23)25)22-16-19-14-17(7-10-21(19)27-22)6-5-13-24-11-3-2-4-12-24/h7-10,14-16,25H,2-6,11-13H2,1H3. The lowest BCUT2D eigenvalue weighted by Gasteiger charge is -2.26. The van der Waals surface area contributed by atoms with E-state index >= 15 is 0 Å². The minimum absolute atomic E-state index is 0.133. The fourth-order valence-corrected chi connectivity index (χ4v) is 3.91. The van der Waals surface area contributed by atoms with Crippen molar-refractivity contribution in [2.45, 2.75) is 32.1 Å². The minimum atomic E-state index is 0.133. The van der Waals surface area contributed by atoms with Crippen molar-refractivity contribution in [3.8, 4) is 22.8 Å². The van der Waals surface area contributed by atoms with E-state index in [1.807, 2.05) is 6.07 Å². The summed E-state index contributed by atoms with van der Waals surface area (Å²) in [7, 11) is 1.55. The molecule has 27 heavy (non-hydrogen) atoms. The molecule has 4 heteroatoms. The average Bonchev–Trinajstić information content (AvgIpc) is 3.12. The average molecular weight is 365 g/mol. The maximum Gasteiger partial charge on any atom is 0.161 e. The number of ether oxygens (including phenoxy) is 1. The molecular formula is C23H27NO3. The summed E-state index contributed by atoms with van der Waals surface area (Å²) in [6.45, 7) is 3.72. The molecule has 1 aliphatic rings. The number of hydrogen-bond donors (Lipinski definition) is 1. The van der Waals surface area contributed by atoms with E-state index in [0.29, 0.717) is 5.75 Å². The van der Waals surface area contributed by atoms with Crippen molar-refractivity contribution in [1.29, 1.82) is 0 Å². The lowest BCUT2D eigenvalue weighted by molar-refractivity contribution is 0.226. The molecule has 0 saturated carbocycles. The highest BCUT2D eigenvalue weighted by atomic mass is 16.5. The first-order valence-corrected chi connectivity index (χ1v) is 9.85. The molecule has 3 aromatic rings. The first-order valence-electron chi connectivity index (χ1n) is 9.85. The van der Waals surface area contributed by atoms with Crippen LogP contribution in [-0.4, -0.2) is 36.8 Å². The summed E-state index contributed by atoms with van der Waals surface area (Å²) in [5.74, 6) is 1.37. The number of phenols is 1. The summed E-state index contributed by atoms with van der Waals surface area (Å²) in [6, 6.07) is 13.8. The normalized spacial score (nSPS) is 15.3. The third-order valence-electron chi connectivity index (χ3n) is 5.43. The van der Waals surface area contributed by atoms with Gasteiger partial charge in [-0.2, -0.15) is 0 Å². The molecule has 1 N–H and O–H groups in total. The number of rotatable bonds is 6. The van der Waals surface area contributed by atoms with E-state index in [1.54, 1.807) is 19.2 Å². The van der Waals surface area contributed by atoms with Gasteiger partial charge >= 0.3 is 0 Å². The van der Waals surface area contributed by atoms with E-state index in [4.69, 9.17) is 9.15 Å². The van der Waals surface area contributed by atoms with Crippen LogP contribution in [0.3, 0.4) is 0 Å². The molecule has 2 heterocycles. The van der Waals surface area contributed by atoms with Gasteiger partial charge in [-0.15, -0.1) is 0 Å². The Bertz CT molecular complexity index is 909. The first-order chi connectivity index (χ1) is 13.2. The van der Waals surface area contributed by atoms with Crippen LogP contribution in [0.25, 0.3) is 22.3 Å². The number of likely N-dealkylation sites (tertiary alicyclic amines) is 1. The second kappa shape index (κ2) is 8.05. The monoisotopic (exact) mass is 365 g/mol. The zero-order valence-electron chi connectivity index (χ0n) is 15.9. The quantitative estimate of drug-likeness (QED) is 0.649. The van der Waals surface area contributed by atoms with Crippen LogP contribution in [0, 0.1) is 0 Å². The summed E-state index contributed by atoms with van der Waals surface area (Å²) >= 11 is 0. The van der Waals surface area contributed by atoms with E-state index in [2.05, 4.69) is 29.2 Å². The van der Waals surface area contributed by atoms with Gasteiger partial charge in [0.15, 0.2) is 11.5 Å². The lowest BCUT2D eigenvalue weighted by atomic mass is 10.1. The van der Waals surface area contributed by atoms with Crippen LogP contribution in [0.15, 0.2) is 46.9 Å².